The fraction of sp³-hybridized carbons (Fsp3) is 0.111. The number of benzene rings is 2. The topological polar surface area (TPSA) is 55.4 Å². The highest BCUT2D eigenvalue weighted by atomic mass is 79.9. The van der Waals surface area contributed by atoms with Crippen LogP contribution in [0.2, 0.25) is 0 Å². The van der Waals surface area contributed by atoms with E-state index in [4.69, 9.17) is 4.74 Å². The van der Waals surface area contributed by atoms with E-state index >= 15 is 0 Å². The minimum atomic E-state index is -0.375. The van der Waals surface area contributed by atoms with Crippen molar-refractivity contribution < 1.29 is 14.3 Å². The fourth-order valence-corrected chi connectivity index (χ4v) is 2.10. The summed E-state index contributed by atoms with van der Waals surface area (Å²) in [5.74, 6) is -0.614. The molecule has 118 valence electrons. The number of nitrogens with one attached hydrogen (secondary N) is 1. The van der Waals surface area contributed by atoms with Crippen molar-refractivity contribution in [1.82, 2.24) is 0 Å². The Balaban J connectivity index is 1.94. The first-order valence-corrected chi connectivity index (χ1v) is 7.89. The van der Waals surface area contributed by atoms with Crippen molar-refractivity contribution in [2.75, 3.05) is 11.9 Å². The monoisotopic (exact) mass is 373 g/mol. The number of carbonyl (C=O) groups is 2. The van der Waals surface area contributed by atoms with Gasteiger partial charge in [0, 0.05) is 16.2 Å². The zero-order valence-corrected chi connectivity index (χ0v) is 14.2. The molecule has 2 rings (SSSR count). The van der Waals surface area contributed by atoms with Gasteiger partial charge in [0.1, 0.15) is 0 Å². The molecule has 0 aromatic heterocycles. The van der Waals surface area contributed by atoms with Crippen LogP contribution in [-0.2, 0) is 9.53 Å². The molecule has 0 spiro atoms. The molecule has 0 unspecified atom stereocenters. The van der Waals surface area contributed by atoms with Gasteiger partial charge in [0.25, 0.3) is 0 Å². The molecular formula is C18H16BrNO3. The number of ether oxygens (including phenoxy) is 1. The first-order chi connectivity index (χ1) is 11.1. The molecule has 0 radical (unpaired) electrons. The molecule has 2 aromatic rings. The Morgan fingerprint density at radius 1 is 1.09 bits per heavy atom. The third-order valence-electron chi connectivity index (χ3n) is 2.96. The van der Waals surface area contributed by atoms with Crippen molar-refractivity contribution in [3.05, 3.63) is 70.2 Å². The highest BCUT2D eigenvalue weighted by Crippen LogP contribution is 2.13. The number of esters is 1. The molecule has 0 aliphatic rings. The molecule has 0 bridgehead atoms. The maximum Gasteiger partial charge on any atom is 0.338 e. The molecule has 0 saturated heterocycles. The summed E-state index contributed by atoms with van der Waals surface area (Å²) in [7, 11) is 0. The second kappa shape index (κ2) is 8.29. The van der Waals surface area contributed by atoms with Crippen molar-refractivity contribution in [3.63, 3.8) is 0 Å². The second-order valence-corrected chi connectivity index (χ2v) is 5.59. The van der Waals surface area contributed by atoms with Crippen molar-refractivity contribution in [3.8, 4) is 0 Å². The Kier molecular flexibility index (Phi) is 6.11. The van der Waals surface area contributed by atoms with E-state index < -0.39 is 0 Å². The van der Waals surface area contributed by atoms with E-state index in [-0.39, 0.29) is 11.9 Å². The molecular weight excluding hydrogens is 358 g/mol. The van der Waals surface area contributed by atoms with Crippen LogP contribution in [0.4, 0.5) is 5.69 Å². The Morgan fingerprint density at radius 2 is 1.74 bits per heavy atom. The largest absolute Gasteiger partial charge is 0.462 e. The Morgan fingerprint density at radius 3 is 2.35 bits per heavy atom. The second-order valence-electron chi connectivity index (χ2n) is 4.67. The van der Waals surface area contributed by atoms with E-state index in [1.54, 1.807) is 37.3 Å². The van der Waals surface area contributed by atoms with Gasteiger partial charge in [0.2, 0.25) is 5.91 Å². The van der Waals surface area contributed by atoms with Crippen molar-refractivity contribution in [2.24, 2.45) is 0 Å². The first kappa shape index (κ1) is 17.0. The lowest BCUT2D eigenvalue weighted by Crippen LogP contribution is -2.08. The molecule has 0 aliphatic heterocycles. The minimum absolute atomic E-state index is 0.239. The number of anilines is 1. The molecule has 1 N–H and O–H groups in total. The van der Waals surface area contributed by atoms with Crippen LogP contribution in [0, 0.1) is 0 Å². The number of halogens is 1. The number of rotatable bonds is 5. The first-order valence-electron chi connectivity index (χ1n) is 7.10. The van der Waals surface area contributed by atoms with Gasteiger partial charge in [-0.2, -0.15) is 0 Å². The molecule has 1 amide bonds. The van der Waals surface area contributed by atoms with Gasteiger partial charge in [-0.05, 0) is 55.0 Å². The average molecular weight is 374 g/mol. The number of amides is 1. The zero-order chi connectivity index (χ0) is 16.7. The highest BCUT2D eigenvalue weighted by molar-refractivity contribution is 9.10. The van der Waals surface area contributed by atoms with Crippen LogP contribution in [0.5, 0.6) is 0 Å². The van der Waals surface area contributed by atoms with E-state index in [0.29, 0.717) is 17.9 Å². The van der Waals surface area contributed by atoms with Crippen molar-refractivity contribution >= 4 is 39.6 Å². The van der Waals surface area contributed by atoms with Crippen LogP contribution in [0.15, 0.2) is 59.1 Å². The standard InChI is InChI=1S/C18H16BrNO3/c1-2-23-18(22)14-6-10-16(11-7-14)20-17(21)12-5-13-3-8-15(19)9-4-13/h3-12H,2H2,1H3,(H,20,21). The molecule has 0 fully saturated rings. The van der Waals surface area contributed by atoms with Gasteiger partial charge < -0.3 is 10.1 Å². The van der Waals surface area contributed by atoms with Crippen molar-refractivity contribution in [2.45, 2.75) is 6.92 Å². The molecule has 0 aliphatic carbocycles. The Labute approximate surface area is 143 Å². The quantitative estimate of drug-likeness (QED) is 0.628. The van der Waals surface area contributed by atoms with Gasteiger partial charge in [-0.25, -0.2) is 4.79 Å². The maximum atomic E-state index is 11.9. The van der Waals surface area contributed by atoms with Gasteiger partial charge in [-0.15, -0.1) is 0 Å². The minimum Gasteiger partial charge on any atom is -0.462 e. The summed E-state index contributed by atoms with van der Waals surface area (Å²) in [6, 6.07) is 14.2. The predicted octanol–water partition coefficient (Wildman–Crippen LogP) is 4.28. The SMILES string of the molecule is CCOC(=O)c1ccc(NC(=O)C=Cc2ccc(Br)cc2)cc1. The molecule has 0 saturated carbocycles. The summed E-state index contributed by atoms with van der Waals surface area (Å²) in [6.07, 6.45) is 3.19. The van der Waals surface area contributed by atoms with Crippen LogP contribution >= 0.6 is 15.9 Å². The average Bonchev–Trinajstić information content (AvgIpc) is 2.55. The highest BCUT2D eigenvalue weighted by Gasteiger charge is 2.06. The Hall–Kier alpha value is -2.40. The van der Waals surface area contributed by atoms with Crippen LogP contribution in [0.25, 0.3) is 6.08 Å². The van der Waals surface area contributed by atoms with E-state index in [2.05, 4.69) is 21.2 Å². The smallest absolute Gasteiger partial charge is 0.338 e. The summed E-state index contributed by atoms with van der Waals surface area (Å²) in [6.45, 7) is 2.09. The van der Waals surface area contributed by atoms with Gasteiger partial charge >= 0.3 is 5.97 Å². The third kappa shape index (κ3) is 5.38. The molecule has 2 aromatic carbocycles. The molecule has 5 heteroatoms. The van der Waals surface area contributed by atoms with Gasteiger partial charge in [0.15, 0.2) is 0 Å². The number of hydrogen-bond donors (Lipinski definition) is 1. The van der Waals surface area contributed by atoms with E-state index in [1.165, 1.54) is 6.08 Å². The van der Waals surface area contributed by atoms with Crippen LogP contribution in [-0.4, -0.2) is 18.5 Å². The lowest BCUT2D eigenvalue weighted by Gasteiger charge is -2.04. The van der Waals surface area contributed by atoms with E-state index in [1.807, 2.05) is 24.3 Å². The lowest BCUT2D eigenvalue weighted by atomic mass is 10.2. The molecule has 0 heterocycles. The summed E-state index contributed by atoms with van der Waals surface area (Å²) >= 11 is 3.36. The maximum absolute atomic E-state index is 11.9. The van der Waals surface area contributed by atoms with Crippen LogP contribution in [0.3, 0.4) is 0 Å². The summed E-state index contributed by atoms with van der Waals surface area (Å²) in [4.78, 5) is 23.4. The predicted molar refractivity (Wildman–Crippen MR) is 94.2 cm³/mol. The molecule has 0 atom stereocenters. The van der Waals surface area contributed by atoms with E-state index in [9.17, 15) is 9.59 Å². The third-order valence-corrected chi connectivity index (χ3v) is 3.49. The lowest BCUT2D eigenvalue weighted by molar-refractivity contribution is -0.111. The van der Waals surface area contributed by atoms with Gasteiger partial charge in [0.05, 0.1) is 12.2 Å². The van der Waals surface area contributed by atoms with Gasteiger partial charge in [-0.1, -0.05) is 28.1 Å². The summed E-state index contributed by atoms with van der Waals surface area (Å²) in [5.41, 5.74) is 2.00. The Bertz CT molecular complexity index is 706. The van der Waals surface area contributed by atoms with Gasteiger partial charge in [-0.3, -0.25) is 4.79 Å². The summed E-state index contributed by atoms with van der Waals surface area (Å²) < 4.78 is 5.89. The van der Waals surface area contributed by atoms with E-state index in [0.717, 1.165) is 10.0 Å². The van der Waals surface area contributed by atoms with Crippen LogP contribution in [0.1, 0.15) is 22.8 Å². The zero-order valence-electron chi connectivity index (χ0n) is 12.6. The molecule has 4 nitrogen and oxygen atoms in total. The molecule has 23 heavy (non-hydrogen) atoms. The van der Waals surface area contributed by atoms with Crippen molar-refractivity contribution in [1.29, 1.82) is 0 Å². The summed E-state index contributed by atoms with van der Waals surface area (Å²) in [5, 5.41) is 2.73. The fourth-order valence-electron chi connectivity index (χ4n) is 1.83. The number of carbonyl (C=O) groups excluding carboxylic acids is 2. The normalized spacial score (nSPS) is 10.5. The number of hydrogen-bond acceptors (Lipinski definition) is 3. The van der Waals surface area contributed by atoms with Crippen LogP contribution < -0.4 is 5.32 Å².